The molecule has 0 amide bonds. The van der Waals surface area contributed by atoms with Crippen LogP contribution < -0.4 is 11.5 Å². The molecule has 7 rings (SSSR count). The molecule has 8 atom stereocenters. The van der Waals surface area contributed by atoms with E-state index < -0.39 is 70.0 Å². The molecule has 60 heavy (non-hydrogen) atoms. The number of hydrogen-bond donors (Lipinski definition) is 2. The van der Waals surface area contributed by atoms with Gasteiger partial charge in [0.1, 0.15) is 54.6 Å². The second-order valence-electron chi connectivity index (χ2n) is 16.1. The van der Waals surface area contributed by atoms with Gasteiger partial charge in [-0.15, -0.1) is 0 Å². The molecule has 3 saturated heterocycles. The monoisotopic (exact) mass is 914 g/mol. The Morgan fingerprint density at radius 2 is 1.23 bits per heavy atom. The summed E-state index contributed by atoms with van der Waals surface area (Å²) in [5.41, 5.74) is 12.5. The molecule has 0 aromatic carbocycles. The second kappa shape index (κ2) is 17.9. The number of phosphoric ester groups is 2. The molecule has 2 unspecified atom stereocenters. The van der Waals surface area contributed by atoms with Crippen LogP contribution in [0.1, 0.15) is 66.8 Å². The van der Waals surface area contributed by atoms with Gasteiger partial charge in [-0.2, -0.15) is 0 Å². The average Bonchev–Trinajstić information content (AvgIpc) is 3.98. The number of anilines is 2. The lowest BCUT2D eigenvalue weighted by atomic mass is 9.99. The molecule has 3 aliphatic rings. The fraction of sp³-hybridized carbons (Fsp3) is 0.647. The van der Waals surface area contributed by atoms with Gasteiger partial charge in [0, 0.05) is 35.2 Å². The predicted octanol–water partition coefficient (Wildman–Crippen LogP) is 5.08. The largest absolute Gasteiger partial charge is 0.475 e. The first kappa shape index (κ1) is 44.9. The van der Waals surface area contributed by atoms with Crippen LogP contribution in [0, 0.1) is 10.8 Å². The van der Waals surface area contributed by atoms with E-state index in [1.807, 2.05) is 0 Å². The summed E-state index contributed by atoms with van der Waals surface area (Å²) in [6, 6.07) is 0. The normalized spacial score (nSPS) is 29.2. The molecule has 4 aromatic rings. The highest BCUT2D eigenvalue weighted by atomic mass is 32.2. The zero-order chi connectivity index (χ0) is 43.0. The topological polar surface area (TPSA) is 281 Å². The number of thioether (sulfide) groups is 2. The third-order valence-corrected chi connectivity index (χ3v) is 14.9. The number of phosphoric acid groups is 2. The Labute approximate surface area is 353 Å². The molecule has 3 fully saturated rings. The standard InChI is InChI=1S/C34H48N10O12P2S2/c1-33(2,3)31(45)59-9-7-49-57(47)51-13-19-11-21(30(53-19)44-18-42-29-25(44)27(36)38-16-40-29)56-58(48,50-8-10-60-32(46)34(4,5)6)52-14-22-20(55-57)12-23(54-22)43-17-41-28-24(43)26(35)37-15-39-28/h15-23,30H,7-14H2,1-6H3,(H2,35,37,39)(H2,36,38,40)/t19-,20-,21+,22+,23+,30+,57?,58?/m0/s1. The van der Waals surface area contributed by atoms with Crippen LogP contribution in [-0.2, 0) is 55.3 Å². The highest BCUT2D eigenvalue weighted by Crippen LogP contribution is 2.58. The zero-order valence-electron chi connectivity index (χ0n) is 33.8. The average molecular weight is 915 g/mol. The van der Waals surface area contributed by atoms with E-state index in [-0.39, 0.29) is 71.7 Å². The Kier molecular flexibility index (Phi) is 13.4. The van der Waals surface area contributed by atoms with Gasteiger partial charge in [0.2, 0.25) is 0 Å². The third-order valence-electron chi connectivity index (χ3n) is 9.40. The van der Waals surface area contributed by atoms with Gasteiger partial charge in [-0.25, -0.2) is 39.0 Å². The maximum Gasteiger partial charge on any atom is 0.475 e. The van der Waals surface area contributed by atoms with Crippen molar-refractivity contribution >= 4 is 83.4 Å². The number of carbonyl (C=O) groups is 2. The van der Waals surface area contributed by atoms with Gasteiger partial charge in [-0.05, 0) is 0 Å². The number of nitrogens with zero attached hydrogens (tertiary/aromatic N) is 8. The Hall–Kier alpha value is -3.12. The molecular weight excluding hydrogens is 867 g/mol. The van der Waals surface area contributed by atoms with E-state index in [1.54, 1.807) is 46.1 Å². The van der Waals surface area contributed by atoms with Crippen LogP contribution in [0.2, 0.25) is 0 Å². The highest BCUT2D eigenvalue weighted by molar-refractivity contribution is 8.14. The number of fused-ring (bicyclic) bond motifs is 5. The molecule has 7 heterocycles. The van der Waals surface area contributed by atoms with E-state index in [2.05, 4.69) is 29.9 Å². The maximum absolute atomic E-state index is 14.8. The summed E-state index contributed by atoms with van der Waals surface area (Å²) in [5, 5.41) is -0.170. The van der Waals surface area contributed by atoms with E-state index in [0.717, 1.165) is 23.5 Å². The zero-order valence-corrected chi connectivity index (χ0v) is 37.2. The van der Waals surface area contributed by atoms with Crippen molar-refractivity contribution in [3.8, 4) is 0 Å². The van der Waals surface area contributed by atoms with Gasteiger partial charge < -0.3 is 20.9 Å². The molecule has 4 aromatic heterocycles. The number of carbonyl (C=O) groups excluding carboxylic acids is 2. The molecule has 26 heteroatoms. The van der Waals surface area contributed by atoms with Crippen LogP contribution in [-0.4, -0.2) is 112 Å². The number of imidazole rings is 2. The lowest BCUT2D eigenvalue weighted by Crippen LogP contribution is -2.30. The van der Waals surface area contributed by atoms with Crippen molar-refractivity contribution in [1.29, 1.82) is 0 Å². The molecule has 2 bridgehead atoms. The van der Waals surface area contributed by atoms with E-state index in [4.69, 9.17) is 48.1 Å². The molecule has 328 valence electrons. The second-order valence-corrected chi connectivity index (χ2v) is 21.5. The molecule has 0 aliphatic carbocycles. The number of rotatable bonds is 10. The van der Waals surface area contributed by atoms with E-state index in [0.29, 0.717) is 16.7 Å². The van der Waals surface area contributed by atoms with Crippen molar-refractivity contribution in [2.45, 2.75) is 91.3 Å². The summed E-state index contributed by atoms with van der Waals surface area (Å²) >= 11 is 2.05. The first-order chi connectivity index (χ1) is 28.3. The maximum atomic E-state index is 14.8. The van der Waals surface area contributed by atoms with Crippen molar-refractivity contribution in [3.63, 3.8) is 0 Å². The Balaban J connectivity index is 1.20. The van der Waals surface area contributed by atoms with Gasteiger partial charge in [-0.1, -0.05) is 65.1 Å². The summed E-state index contributed by atoms with van der Waals surface area (Å²) in [4.78, 5) is 50.5. The molecule has 0 radical (unpaired) electrons. The molecule has 3 aliphatic heterocycles. The number of nitrogen functional groups attached to an aromatic ring is 2. The first-order valence-electron chi connectivity index (χ1n) is 19.0. The summed E-state index contributed by atoms with van der Waals surface area (Å²) < 4.78 is 81.7. The van der Waals surface area contributed by atoms with Crippen LogP contribution in [0.5, 0.6) is 0 Å². The minimum atomic E-state index is -4.56. The lowest BCUT2D eigenvalue weighted by molar-refractivity contribution is -0.118. The third kappa shape index (κ3) is 10.2. The SMILES string of the molecule is CC(C)(C)C(=O)SCCOP1(=O)OC[C@@H]2C[C@@H](OP(=O)(OCCSC(=O)C(C)(C)C)OC[C@H]3O[C@@H](n4cnc5ncnc(N)c54)C[C@@H]3O1)[C@H](n1cnc3ncnc(N)c31)O2. The van der Waals surface area contributed by atoms with Crippen LogP contribution >= 0.6 is 39.2 Å². The fourth-order valence-electron chi connectivity index (χ4n) is 6.37. The number of hydrogen-bond acceptors (Lipinski definition) is 22. The van der Waals surface area contributed by atoms with Crippen molar-refractivity contribution in [2.24, 2.45) is 10.8 Å². The van der Waals surface area contributed by atoms with Gasteiger partial charge >= 0.3 is 15.6 Å². The molecule has 4 N–H and O–H groups in total. The predicted molar refractivity (Wildman–Crippen MR) is 219 cm³/mol. The van der Waals surface area contributed by atoms with E-state index >= 15 is 0 Å². The summed E-state index contributed by atoms with van der Waals surface area (Å²) in [7, 11) is -9.06. The first-order valence-corrected chi connectivity index (χ1v) is 23.9. The van der Waals surface area contributed by atoms with Crippen molar-refractivity contribution < 1.29 is 55.3 Å². The Morgan fingerprint density at radius 1 is 0.717 bits per heavy atom. The van der Waals surface area contributed by atoms with Crippen LogP contribution in [0.25, 0.3) is 22.3 Å². The van der Waals surface area contributed by atoms with Gasteiger partial charge in [0.15, 0.2) is 39.4 Å². The summed E-state index contributed by atoms with van der Waals surface area (Å²) in [6.45, 7) is 9.58. The summed E-state index contributed by atoms with van der Waals surface area (Å²) in [6.07, 6.45) is -0.532. The van der Waals surface area contributed by atoms with Crippen LogP contribution in [0.15, 0.2) is 25.3 Å². The van der Waals surface area contributed by atoms with Crippen molar-refractivity contribution in [1.82, 2.24) is 39.0 Å². The number of aromatic nitrogens is 8. The van der Waals surface area contributed by atoms with Gasteiger partial charge in [0.25, 0.3) is 0 Å². The van der Waals surface area contributed by atoms with Crippen molar-refractivity contribution in [3.05, 3.63) is 25.3 Å². The molecule has 0 spiro atoms. The fourth-order valence-corrected chi connectivity index (χ4v) is 11.0. The minimum Gasteiger partial charge on any atom is -0.382 e. The van der Waals surface area contributed by atoms with Crippen molar-refractivity contribution in [2.75, 3.05) is 49.4 Å². The van der Waals surface area contributed by atoms with E-state index in [1.165, 1.54) is 29.9 Å². The van der Waals surface area contributed by atoms with Crippen LogP contribution in [0.3, 0.4) is 0 Å². The quantitative estimate of drug-likeness (QED) is 0.155. The Bertz CT molecular complexity index is 2310. The van der Waals surface area contributed by atoms with E-state index in [9.17, 15) is 18.7 Å². The molecule has 0 saturated carbocycles. The highest BCUT2D eigenvalue weighted by Gasteiger charge is 2.49. The Morgan fingerprint density at radius 3 is 1.80 bits per heavy atom. The lowest BCUT2D eigenvalue weighted by Gasteiger charge is -2.28. The summed E-state index contributed by atoms with van der Waals surface area (Å²) in [5.74, 6) is 0.521. The molecular formula is C34H48N10O12P2S2. The smallest absolute Gasteiger partial charge is 0.382 e. The number of nitrogens with two attached hydrogens (primary N) is 2. The van der Waals surface area contributed by atoms with Crippen LogP contribution in [0.4, 0.5) is 11.6 Å². The van der Waals surface area contributed by atoms with Gasteiger partial charge in [0.05, 0.1) is 38.9 Å². The minimum absolute atomic E-state index is 0.0183. The van der Waals surface area contributed by atoms with Gasteiger partial charge in [-0.3, -0.25) is 45.9 Å². The number of ether oxygens (including phenoxy) is 2. The molecule has 22 nitrogen and oxygen atoms in total.